The highest BCUT2D eigenvalue weighted by Crippen LogP contribution is 2.28. The fraction of sp³-hybridized carbons (Fsp3) is 0.909. The Balaban J connectivity index is 4.62. The Hall–Kier alpha value is -0.610. The van der Waals surface area contributed by atoms with E-state index in [0.717, 1.165) is 0 Å². The van der Waals surface area contributed by atoms with Crippen molar-refractivity contribution in [1.82, 2.24) is 5.06 Å². The Morgan fingerprint density at radius 2 is 1.67 bits per heavy atom. The predicted octanol–water partition coefficient (Wildman–Crippen LogP) is 2.37. The molecule has 15 heavy (non-hydrogen) atoms. The number of rotatable bonds is 4. The number of carboxylic acid groups (broad SMARTS) is 1. The molecule has 0 bridgehead atoms. The van der Waals surface area contributed by atoms with Gasteiger partial charge in [0.25, 0.3) is 0 Å². The molecule has 0 radical (unpaired) electrons. The van der Waals surface area contributed by atoms with Gasteiger partial charge >= 0.3 is 5.97 Å². The van der Waals surface area contributed by atoms with Gasteiger partial charge in [0.2, 0.25) is 0 Å². The molecular formula is C11H23NO3. The third kappa shape index (κ3) is 4.18. The molecule has 0 aromatic carbocycles. The topological polar surface area (TPSA) is 60.8 Å². The first-order valence-corrected chi connectivity index (χ1v) is 5.20. The van der Waals surface area contributed by atoms with Crippen LogP contribution in [0.25, 0.3) is 0 Å². The summed E-state index contributed by atoms with van der Waals surface area (Å²) in [6.45, 7) is 11.0. The van der Waals surface area contributed by atoms with E-state index in [1.165, 1.54) is 5.06 Å². The fourth-order valence-corrected chi connectivity index (χ4v) is 1.83. The molecule has 2 N–H and O–H groups in total. The Kier molecular flexibility index (Phi) is 4.31. The van der Waals surface area contributed by atoms with Crippen molar-refractivity contribution in [2.24, 2.45) is 5.92 Å². The summed E-state index contributed by atoms with van der Waals surface area (Å²) in [5.74, 6) is -1.29. The first-order chi connectivity index (χ1) is 6.48. The molecule has 0 aliphatic carbocycles. The third-order valence-corrected chi connectivity index (χ3v) is 2.44. The monoisotopic (exact) mass is 217 g/mol. The van der Waals surface area contributed by atoms with E-state index >= 15 is 0 Å². The van der Waals surface area contributed by atoms with Gasteiger partial charge in [-0.1, -0.05) is 6.92 Å². The molecule has 0 aliphatic heterocycles. The van der Waals surface area contributed by atoms with Gasteiger partial charge in [0.15, 0.2) is 0 Å². The van der Waals surface area contributed by atoms with Crippen molar-refractivity contribution in [2.75, 3.05) is 0 Å². The fourth-order valence-electron chi connectivity index (χ4n) is 1.83. The zero-order valence-corrected chi connectivity index (χ0v) is 10.5. The van der Waals surface area contributed by atoms with Gasteiger partial charge in [0.1, 0.15) is 0 Å². The molecule has 0 saturated carbocycles. The van der Waals surface area contributed by atoms with Gasteiger partial charge in [-0.3, -0.25) is 4.79 Å². The second kappa shape index (κ2) is 4.49. The van der Waals surface area contributed by atoms with Crippen LogP contribution in [0.1, 0.15) is 48.0 Å². The molecule has 1 atom stereocenters. The number of carboxylic acids is 1. The molecule has 0 heterocycles. The van der Waals surface area contributed by atoms with E-state index in [2.05, 4.69) is 0 Å². The quantitative estimate of drug-likeness (QED) is 0.710. The normalized spacial score (nSPS) is 15.5. The van der Waals surface area contributed by atoms with Crippen molar-refractivity contribution in [3.8, 4) is 0 Å². The number of carbonyl (C=O) groups is 1. The van der Waals surface area contributed by atoms with Crippen molar-refractivity contribution >= 4 is 5.97 Å². The maximum Gasteiger partial charge on any atom is 0.306 e. The van der Waals surface area contributed by atoms with Crippen LogP contribution in [-0.4, -0.2) is 32.4 Å². The highest BCUT2D eigenvalue weighted by Gasteiger charge is 2.36. The summed E-state index contributed by atoms with van der Waals surface area (Å²) in [6.07, 6.45) is 0.413. The molecule has 0 fully saturated rings. The van der Waals surface area contributed by atoms with E-state index in [1.807, 2.05) is 34.6 Å². The smallest absolute Gasteiger partial charge is 0.306 e. The van der Waals surface area contributed by atoms with Gasteiger partial charge in [0, 0.05) is 11.1 Å². The minimum atomic E-state index is -0.828. The van der Waals surface area contributed by atoms with Crippen LogP contribution < -0.4 is 0 Å². The molecule has 0 amide bonds. The second-order valence-corrected chi connectivity index (χ2v) is 5.74. The molecule has 4 nitrogen and oxygen atoms in total. The van der Waals surface area contributed by atoms with Crippen LogP contribution in [0.2, 0.25) is 0 Å². The summed E-state index contributed by atoms with van der Waals surface area (Å²) in [7, 11) is 0. The minimum absolute atomic E-state index is 0.387. The van der Waals surface area contributed by atoms with E-state index in [0.29, 0.717) is 6.42 Å². The predicted molar refractivity (Wildman–Crippen MR) is 58.9 cm³/mol. The maximum absolute atomic E-state index is 10.7. The summed E-state index contributed by atoms with van der Waals surface area (Å²) in [5, 5.41) is 20.0. The molecule has 1 unspecified atom stereocenters. The summed E-state index contributed by atoms with van der Waals surface area (Å²) < 4.78 is 0. The lowest BCUT2D eigenvalue weighted by Gasteiger charge is -2.42. The Labute approximate surface area is 91.9 Å². The van der Waals surface area contributed by atoms with E-state index in [1.54, 1.807) is 6.92 Å². The Morgan fingerprint density at radius 3 is 1.93 bits per heavy atom. The number of aliphatic carboxylic acids is 1. The first-order valence-electron chi connectivity index (χ1n) is 5.20. The van der Waals surface area contributed by atoms with Crippen molar-refractivity contribution in [3.05, 3.63) is 0 Å². The number of hydrogen-bond donors (Lipinski definition) is 2. The SMILES string of the molecule is CC(CC(C)(C)N(O)C(C)(C)C)C(=O)O. The molecule has 90 valence electrons. The zero-order chi connectivity index (χ0) is 12.4. The van der Waals surface area contributed by atoms with Crippen LogP contribution in [0, 0.1) is 5.92 Å². The van der Waals surface area contributed by atoms with Gasteiger partial charge in [-0.25, -0.2) is 0 Å². The highest BCUT2D eigenvalue weighted by molar-refractivity contribution is 5.69. The van der Waals surface area contributed by atoms with Gasteiger partial charge in [-0.2, -0.15) is 5.06 Å². The van der Waals surface area contributed by atoms with Crippen molar-refractivity contribution in [3.63, 3.8) is 0 Å². The Bertz CT molecular complexity index is 230. The van der Waals surface area contributed by atoms with Crippen molar-refractivity contribution in [2.45, 2.75) is 59.0 Å². The van der Waals surface area contributed by atoms with Gasteiger partial charge in [-0.15, -0.1) is 0 Å². The lowest BCUT2D eigenvalue weighted by atomic mass is 9.88. The molecule has 4 heteroatoms. The van der Waals surface area contributed by atoms with E-state index in [4.69, 9.17) is 5.11 Å². The molecule has 0 saturated heterocycles. The molecule has 0 aromatic heterocycles. The largest absolute Gasteiger partial charge is 0.481 e. The van der Waals surface area contributed by atoms with Crippen LogP contribution >= 0.6 is 0 Å². The number of hydroxylamine groups is 2. The van der Waals surface area contributed by atoms with Crippen LogP contribution in [-0.2, 0) is 4.79 Å². The highest BCUT2D eigenvalue weighted by atomic mass is 16.5. The molecule has 0 spiro atoms. The number of hydrogen-bond acceptors (Lipinski definition) is 3. The summed E-state index contributed by atoms with van der Waals surface area (Å²) in [6, 6.07) is 0. The van der Waals surface area contributed by atoms with Crippen molar-refractivity contribution in [1.29, 1.82) is 0 Å². The second-order valence-electron chi connectivity index (χ2n) is 5.74. The van der Waals surface area contributed by atoms with Gasteiger partial charge < -0.3 is 10.3 Å². The lowest BCUT2D eigenvalue weighted by Crippen LogP contribution is -2.53. The summed E-state index contributed by atoms with van der Waals surface area (Å²) in [5.41, 5.74) is -0.933. The average Bonchev–Trinajstić information content (AvgIpc) is 2.00. The van der Waals surface area contributed by atoms with Crippen molar-refractivity contribution < 1.29 is 15.1 Å². The standard InChI is InChI=1S/C11H23NO3/c1-8(9(13)14)7-11(5,6)12(15)10(2,3)4/h8,15H,7H2,1-6H3,(H,13,14). The molecule has 0 aliphatic rings. The minimum Gasteiger partial charge on any atom is -0.481 e. The zero-order valence-electron chi connectivity index (χ0n) is 10.5. The average molecular weight is 217 g/mol. The summed E-state index contributed by atoms with van der Waals surface area (Å²) >= 11 is 0. The molecule has 0 rings (SSSR count). The van der Waals surface area contributed by atoms with Crippen LogP contribution in [0.15, 0.2) is 0 Å². The van der Waals surface area contributed by atoms with E-state index in [9.17, 15) is 10.0 Å². The van der Waals surface area contributed by atoms with Crippen LogP contribution in [0.5, 0.6) is 0 Å². The lowest BCUT2D eigenvalue weighted by molar-refractivity contribution is -0.222. The van der Waals surface area contributed by atoms with Gasteiger partial charge in [0.05, 0.1) is 5.92 Å². The maximum atomic E-state index is 10.7. The van der Waals surface area contributed by atoms with Gasteiger partial charge in [-0.05, 0) is 41.0 Å². The van der Waals surface area contributed by atoms with Crippen LogP contribution in [0.3, 0.4) is 0 Å². The third-order valence-electron chi connectivity index (χ3n) is 2.44. The molecule has 0 aromatic rings. The Morgan fingerprint density at radius 1 is 1.27 bits per heavy atom. The van der Waals surface area contributed by atoms with E-state index < -0.39 is 17.4 Å². The van der Waals surface area contributed by atoms with Crippen LogP contribution in [0.4, 0.5) is 0 Å². The molecular weight excluding hydrogens is 194 g/mol. The summed E-state index contributed by atoms with van der Waals surface area (Å²) in [4.78, 5) is 10.7. The van der Waals surface area contributed by atoms with E-state index in [-0.39, 0.29) is 5.54 Å². The first kappa shape index (κ1) is 14.4. The number of nitrogens with zero attached hydrogens (tertiary/aromatic N) is 1.